The molecule has 0 bridgehead atoms. The van der Waals surface area contributed by atoms with E-state index >= 15 is 0 Å². The van der Waals surface area contributed by atoms with Gasteiger partial charge in [-0.3, -0.25) is 0 Å². The highest BCUT2D eigenvalue weighted by Gasteiger charge is 2.32. The Hall–Kier alpha value is -2.24. The zero-order valence-corrected chi connectivity index (χ0v) is 20.4. The Balaban J connectivity index is 2.25. The van der Waals surface area contributed by atoms with Gasteiger partial charge in [0, 0.05) is 30.3 Å². The Bertz CT molecular complexity index is 1330. The van der Waals surface area contributed by atoms with Gasteiger partial charge in [-0.05, 0) is 29.3 Å². The number of nitrogens with two attached hydrogens (primary N) is 3. The van der Waals surface area contributed by atoms with Crippen molar-refractivity contribution in [2.75, 3.05) is 32.1 Å². The van der Waals surface area contributed by atoms with Gasteiger partial charge >= 0.3 is 0 Å². The highest BCUT2D eigenvalue weighted by molar-refractivity contribution is 7.99. The van der Waals surface area contributed by atoms with Crippen LogP contribution >= 0.6 is 11.8 Å². The van der Waals surface area contributed by atoms with Crippen LogP contribution in [-0.4, -0.2) is 65.9 Å². The number of sulfonamides is 2. The third-order valence-corrected chi connectivity index (χ3v) is 8.43. The van der Waals surface area contributed by atoms with Crippen LogP contribution in [0.25, 0.3) is 11.1 Å². The second-order valence-electron chi connectivity index (χ2n) is 7.14. The normalized spacial score (nSPS) is 14.9. The molecule has 2 aromatic rings. The van der Waals surface area contributed by atoms with Gasteiger partial charge in [0.2, 0.25) is 20.0 Å². The SMILES string of the molecule is NCCNS(=O)(=O)c1ccc(-c2cccc(SC[C@H](O)CN)c2)c(C2=NCN=N2)c1S(N)(=O)=O. The summed E-state index contributed by atoms with van der Waals surface area (Å²) in [6, 6.07) is 9.70. The molecule has 184 valence electrons. The lowest BCUT2D eigenvalue weighted by Gasteiger charge is -2.17. The number of nitrogens with one attached hydrogen (secondary N) is 1. The molecule has 8 N–H and O–H groups in total. The highest BCUT2D eigenvalue weighted by Crippen LogP contribution is 2.36. The van der Waals surface area contributed by atoms with Crippen molar-refractivity contribution >= 4 is 37.6 Å². The second kappa shape index (κ2) is 11.0. The molecule has 15 heteroatoms. The number of benzene rings is 2. The third kappa shape index (κ3) is 6.05. The van der Waals surface area contributed by atoms with Crippen molar-refractivity contribution in [1.82, 2.24) is 4.72 Å². The Morgan fingerprint density at radius 3 is 2.53 bits per heavy atom. The van der Waals surface area contributed by atoms with E-state index in [9.17, 15) is 21.9 Å². The van der Waals surface area contributed by atoms with Crippen LogP contribution in [0.5, 0.6) is 0 Å². The number of rotatable bonds is 11. The Morgan fingerprint density at radius 1 is 1.15 bits per heavy atom. The van der Waals surface area contributed by atoms with Crippen molar-refractivity contribution in [1.29, 1.82) is 0 Å². The lowest BCUT2D eigenvalue weighted by atomic mass is 9.99. The van der Waals surface area contributed by atoms with Crippen LogP contribution in [0.1, 0.15) is 5.56 Å². The summed E-state index contributed by atoms with van der Waals surface area (Å²) in [5.74, 6) is 0.312. The minimum atomic E-state index is -4.56. The molecule has 0 saturated heterocycles. The average Bonchev–Trinajstić information content (AvgIpc) is 3.34. The van der Waals surface area contributed by atoms with Gasteiger partial charge in [-0.25, -0.2) is 31.7 Å². The zero-order valence-electron chi connectivity index (χ0n) is 18.0. The molecule has 0 unspecified atom stereocenters. The first-order valence-electron chi connectivity index (χ1n) is 10.0. The molecular weight excluding hydrogens is 502 g/mol. The number of nitrogens with zero attached hydrogens (tertiary/aromatic N) is 3. The molecule has 0 amide bonds. The van der Waals surface area contributed by atoms with Crippen molar-refractivity contribution in [2.45, 2.75) is 20.8 Å². The topological polar surface area (TPSA) is 216 Å². The quantitative estimate of drug-likeness (QED) is 0.246. The second-order valence-corrected chi connectivity index (χ2v) is 11.5. The summed E-state index contributed by atoms with van der Waals surface area (Å²) in [5, 5.41) is 22.9. The van der Waals surface area contributed by atoms with Crippen LogP contribution in [-0.2, 0) is 20.0 Å². The van der Waals surface area contributed by atoms with E-state index in [2.05, 4.69) is 19.9 Å². The van der Waals surface area contributed by atoms with Gasteiger partial charge in [0.25, 0.3) is 0 Å². The van der Waals surface area contributed by atoms with Gasteiger partial charge in [-0.2, -0.15) is 5.11 Å². The first-order valence-corrected chi connectivity index (χ1v) is 14.0. The predicted molar refractivity (Wildman–Crippen MR) is 130 cm³/mol. The largest absolute Gasteiger partial charge is 0.391 e. The summed E-state index contributed by atoms with van der Waals surface area (Å²) in [6.07, 6.45) is -0.683. The lowest BCUT2D eigenvalue weighted by Crippen LogP contribution is -2.31. The molecule has 3 rings (SSSR count). The van der Waals surface area contributed by atoms with Crippen LogP contribution in [0.3, 0.4) is 0 Å². The van der Waals surface area contributed by atoms with Crippen molar-refractivity contribution in [3.05, 3.63) is 42.0 Å². The summed E-state index contributed by atoms with van der Waals surface area (Å²) in [6.45, 7) is -0.00121. The van der Waals surface area contributed by atoms with E-state index in [1.165, 1.54) is 23.9 Å². The number of aliphatic imine (C=N–C) groups is 1. The number of hydrogen-bond acceptors (Lipinski definition) is 11. The number of primary sulfonamides is 1. The molecule has 12 nitrogen and oxygen atoms in total. The average molecular weight is 528 g/mol. The summed E-state index contributed by atoms with van der Waals surface area (Å²) in [5.41, 5.74) is 11.7. The molecule has 34 heavy (non-hydrogen) atoms. The Kier molecular flexibility index (Phi) is 8.53. The van der Waals surface area contributed by atoms with Gasteiger partial charge < -0.3 is 16.6 Å². The van der Waals surface area contributed by atoms with Crippen molar-refractivity contribution in [2.24, 2.45) is 31.8 Å². The maximum absolute atomic E-state index is 12.9. The summed E-state index contributed by atoms with van der Waals surface area (Å²) >= 11 is 1.36. The standard InChI is InChI=1S/C19H25N7O5S3/c20-6-7-25-34(30,31)16-5-4-15(12-2-1-3-14(8-12)32-10-13(27)9-21)17(18(16)33(22,28)29)19-23-11-24-26-19/h1-5,8,13,25,27H,6-7,9-11,20-21H2,(H2,22,28,29)/t13-/m1/s1. The number of thioether (sulfide) groups is 1. The van der Waals surface area contributed by atoms with Crippen molar-refractivity contribution in [3.63, 3.8) is 0 Å². The smallest absolute Gasteiger partial charge is 0.241 e. The van der Waals surface area contributed by atoms with Gasteiger partial charge in [0.1, 0.15) is 9.79 Å². The van der Waals surface area contributed by atoms with Gasteiger partial charge in [0.05, 0.1) is 11.7 Å². The highest BCUT2D eigenvalue weighted by atomic mass is 32.2. The number of aliphatic hydroxyl groups excluding tert-OH is 1. The van der Waals surface area contributed by atoms with Crippen LogP contribution in [0, 0.1) is 0 Å². The maximum atomic E-state index is 12.9. The van der Waals surface area contributed by atoms with Crippen molar-refractivity contribution in [3.8, 4) is 11.1 Å². The fourth-order valence-electron chi connectivity index (χ4n) is 3.16. The molecular formula is C19H25N7O5S3. The molecule has 1 aliphatic rings. The molecule has 0 radical (unpaired) electrons. The van der Waals surface area contributed by atoms with Gasteiger partial charge in [-0.15, -0.1) is 16.9 Å². The minimum absolute atomic E-state index is 0.0130. The van der Waals surface area contributed by atoms with E-state index in [0.717, 1.165) is 4.90 Å². The molecule has 0 aliphatic carbocycles. The molecule has 1 heterocycles. The van der Waals surface area contributed by atoms with Crippen LogP contribution in [0.15, 0.2) is 66.3 Å². The fraction of sp³-hybridized carbons (Fsp3) is 0.316. The number of azo groups is 1. The first-order chi connectivity index (χ1) is 16.1. The summed E-state index contributed by atoms with van der Waals surface area (Å²) < 4.78 is 53.4. The Morgan fingerprint density at radius 2 is 1.91 bits per heavy atom. The van der Waals surface area contributed by atoms with Crippen LogP contribution in [0.2, 0.25) is 0 Å². The van der Waals surface area contributed by atoms with Crippen molar-refractivity contribution < 1.29 is 21.9 Å². The maximum Gasteiger partial charge on any atom is 0.241 e. The van der Waals surface area contributed by atoms with E-state index < -0.39 is 35.9 Å². The summed E-state index contributed by atoms with van der Waals surface area (Å²) in [4.78, 5) is 3.73. The minimum Gasteiger partial charge on any atom is -0.391 e. The van der Waals surface area contributed by atoms with Gasteiger partial charge in [-0.1, -0.05) is 18.2 Å². The predicted octanol–water partition coefficient (Wildman–Crippen LogP) is -0.180. The molecule has 1 atom stereocenters. The summed E-state index contributed by atoms with van der Waals surface area (Å²) in [7, 11) is -8.84. The molecule has 0 fully saturated rings. The van der Waals surface area contributed by atoms with Crippen LogP contribution in [0.4, 0.5) is 0 Å². The number of aliphatic hydroxyl groups is 1. The monoisotopic (exact) mass is 527 g/mol. The molecule has 2 aromatic carbocycles. The Labute approximate surface area is 201 Å². The number of amidine groups is 1. The molecule has 0 spiro atoms. The van der Waals surface area contributed by atoms with E-state index in [0.29, 0.717) is 16.9 Å². The van der Waals surface area contributed by atoms with E-state index in [1.54, 1.807) is 18.2 Å². The molecule has 0 saturated carbocycles. The number of hydrogen-bond donors (Lipinski definition) is 5. The van der Waals surface area contributed by atoms with Gasteiger partial charge in [0.15, 0.2) is 12.5 Å². The van der Waals surface area contributed by atoms with E-state index in [-0.39, 0.29) is 37.7 Å². The van der Waals surface area contributed by atoms with E-state index in [1.807, 2.05) is 6.07 Å². The first kappa shape index (κ1) is 26.4. The lowest BCUT2D eigenvalue weighted by molar-refractivity contribution is 0.208. The third-order valence-electron chi connectivity index (χ3n) is 4.66. The molecule has 1 aliphatic heterocycles. The molecule has 0 aromatic heterocycles. The van der Waals surface area contributed by atoms with Crippen LogP contribution < -0.4 is 21.3 Å². The fourth-order valence-corrected chi connectivity index (χ4v) is 6.72. The van der Waals surface area contributed by atoms with E-state index in [4.69, 9.17) is 16.6 Å². The zero-order chi connectivity index (χ0) is 24.9.